The molecule has 0 spiro atoms. The first-order chi connectivity index (χ1) is 9.41. The molecule has 1 aromatic heterocycles. The second kappa shape index (κ2) is 5.19. The SMILES string of the molecule is CCOC(=O)C(CC)(CC)c1nc(C2CC2(C)C)no1. The lowest BCUT2D eigenvalue weighted by molar-refractivity contribution is -0.151. The molecule has 0 radical (unpaired) electrons. The van der Waals surface area contributed by atoms with E-state index in [-0.39, 0.29) is 11.4 Å². The van der Waals surface area contributed by atoms with Crippen LogP contribution in [0.2, 0.25) is 0 Å². The highest BCUT2D eigenvalue weighted by Crippen LogP contribution is 2.57. The Balaban J connectivity index is 2.29. The minimum Gasteiger partial charge on any atom is -0.465 e. The van der Waals surface area contributed by atoms with Crippen LogP contribution in [0.25, 0.3) is 0 Å². The number of aromatic nitrogens is 2. The van der Waals surface area contributed by atoms with E-state index in [9.17, 15) is 4.79 Å². The molecule has 0 aliphatic heterocycles. The van der Waals surface area contributed by atoms with Crippen molar-refractivity contribution in [3.05, 3.63) is 11.7 Å². The maximum atomic E-state index is 12.3. The van der Waals surface area contributed by atoms with Crippen LogP contribution in [0.1, 0.15) is 71.5 Å². The van der Waals surface area contributed by atoms with E-state index in [2.05, 4.69) is 24.0 Å². The second-order valence-corrected chi connectivity index (χ2v) is 6.21. The van der Waals surface area contributed by atoms with Gasteiger partial charge in [-0.25, -0.2) is 0 Å². The van der Waals surface area contributed by atoms with Gasteiger partial charge in [0.05, 0.1) is 6.61 Å². The summed E-state index contributed by atoms with van der Waals surface area (Å²) in [6.45, 7) is 10.4. The lowest BCUT2D eigenvalue weighted by atomic mass is 9.82. The monoisotopic (exact) mass is 280 g/mol. The van der Waals surface area contributed by atoms with Crippen LogP contribution >= 0.6 is 0 Å². The van der Waals surface area contributed by atoms with Crippen LogP contribution in [0.3, 0.4) is 0 Å². The molecule has 0 amide bonds. The average Bonchev–Trinajstić information content (AvgIpc) is 2.84. The summed E-state index contributed by atoms with van der Waals surface area (Å²) in [6.07, 6.45) is 2.26. The summed E-state index contributed by atoms with van der Waals surface area (Å²) in [5.74, 6) is 1.20. The molecule has 1 saturated carbocycles. The Morgan fingerprint density at radius 3 is 2.45 bits per heavy atom. The van der Waals surface area contributed by atoms with Gasteiger partial charge in [-0.15, -0.1) is 0 Å². The molecule has 1 aliphatic rings. The quantitative estimate of drug-likeness (QED) is 0.749. The number of ether oxygens (including phenoxy) is 1. The number of rotatable bonds is 6. The summed E-state index contributed by atoms with van der Waals surface area (Å²) in [7, 11) is 0. The van der Waals surface area contributed by atoms with Gasteiger partial charge in [0.25, 0.3) is 0 Å². The second-order valence-electron chi connectivity index (χ2n) is 6.21. The number of carbonyl (C=O) groups excluding carboxylic acids is 1. The standard InChI is InChI=1S/C15H24N2O3/c1-6-15(7-2,13(18)19-8-3)12-16-11(17-20-12)10-9-14(10,4)5/h10H,6-9H2,1-5H3. The fraction of sp³-hybridized carbons (Fsp3) is 0.800. The molecular formula is C15H24N2O3. The van der Waals surface area contributed by atoms with Crippen molar-refractivity contribution in [2.75, 3.05) is 6.61 Å². The lowest BCUT2D eigenvalue weighted by Crippen LogP contribution is -2.36. The molecular weight excluding hydrogens is 256 g/mol. The lowest BCUT2D eigenvalue weighted by Gasteiger charge is -2.24. The summed E-state index contributed by atoms with van der Waals surface area (Å²) in [5.41, 5.74) is -0.563. The highest BCUT2D eigenvalue weighted by Gasteiger charge is 2.51. The van der Waals surface area contributed by atoms with E-state index < -0.39 is 5.41 Å². The third-order valence-corrected chi connectivity index (χ3v) is 4.55. The smallest absolute Gasteiger partial charge is 0.321 e. The fourth-order valence-corrected chi connectivity index (χ4v) is 2.68. The first kappa shape index (κ1) is 15.0. The zero-order valence-corrected chi connectivity index (χ0v) is 13.0. The van der Waals surface area contributed by atoms with Gasteiger partial charge in [0, 0.05) is 5.92 Å². The molecule has 112 valence electrons. The van der Waals surface area contributed by atoms with Crippen molar-refractivity contribution in [2.24, 2.45) is 5.41 Å². The van der Waals surface area contributed by atoms with Gasteiger partial charge in [-0.3, -0.25) is 4.79 Å². The van der Waals surface area contributed by atoms with Gasteiger partial charge in [-0.2, -0.15) is 4.98 Å². The molecule has 1 heterocycles. The van der Waals surface area contributed by atoms with Gasteiger partial charge in [0.15, 0.2) is 5.82 Å². The molecule has 0 aromatic carbocycles. The summed E-state index contributed by atoms with van der Waals surface area (Å²) in [6, 6.07) is 0. The van der Waals surface area contributed by atoms with Crippen LogP contribution in [-0.4, -0.2) is 22.7 Å². The molecule has 0 saturated heterocycles. The molecule has 5 nitrogen and oxygen atoms in total. The number of hydrogen-bond donors (Lipinski definition) is 0. The Bertz CT molecular complexity index is 489. The molecule has 1 unspecified atom stereocenters. The van der Waals surface area contributed by atoms with Crippen molar-refractivity contribution >= 4 is 5.97 Å². The Hall–Kier alpha value is -1.39. The van der Waals surface area contributed by atoms with Crippen molar-refractivity contribution in [3.8, 4) is 0 Å². The van der Waals surface area contributed by atoms with Crippen LogP contribution in [0.4, 0.5) is 0 Å². The van der Waals surface area contributed by atoms with E-state index in [4.69, 9.17) is 9.26 Å². The summed E-state index contributed by atoms with van der Waals surface area (Å²) in [5, 5.41) is 4.08. The molecule has 2 rings (SSSR count). The van der Waals surface area contributed by atoms with E-state index in [1.807, 2.05) is 13.8 Å². The van der Waals surface area contributed by atoms with E-state index in [0.717, 1.165) is 12.2 Å². The van der Waals surface area contributed by atoms with E-state index >= 15 is 0 Å². The zero-order valence-electron chi connectivity index (χ0n) is 13.0. The molecule has 1 aliphatic carbocycles. The average molecular weight is 280 g/mol. The van der Waals surface area contributed by atoms with E-state index in [0.29, 0.717) is 31.3 Å². The minimum atomic E-state index is -0.805. The summed E-state index contributed by atoms with van der Waals surface area (Å²) >= 11 is 0. The molecule has 5 heteroatoms. The number of esters is 1. The fourth-order valence-electron chi connectivity index (χ4n) is 2.68. The Morgan fingerprint density at radius 2 is 2.00 bits per heavy atom. The van der Waals surface area contributed by atoms with Crippen molar-refractivity contribution < 1.29 is 14.1 Å². The molecule has 1 fully saturated rings. The first-order valence-corrected chi connectivity index (χ1v) is 7.42. The van der Waals surface area contributed by atoms with E-state index in [1.54, 1.807) is 6.92 Å². The van der Waals surface area contributed by atoms with Crippen molar-refractivity contribution in [1.29, 1.82) is 0 Å². The molecule has 1 atom stereocenters. The van der Waals surface area contributed by atoms with Crippen LogP contribution in [0.15, 0.2) is 4.52 Å². The molecule has 1 aromatic rings. The normalized spacial score (nSPS) is 20.8. The zero-order chi connectivity index (χ0) is 15.0. The molecule has 20 heavy (non-hydrogen) atoms. The van der Waals surface area contributed by atoms with Crippen LogP contribution in [0, 0.1) is 5.41 Å². The maximum absolute atomic E-state index is 12.3. The summed E-state index contributed by atoms with van der Waals surface area (Å²) < 4.78 is 10.6. The third kappa shape index (κ3) is 2.34. The Labute approximate surface area is 120 Å². The summed E-state index contributed by atoms with van der Waals surface area (Å²) in [4.78, 5) is 16.8. The van der Waals surface area contributed by atoms with Gasteiger partial charge < -0.3 is 9.26 Å². The maximum Gasteiger partial charge on any atom is 0.321 e. The van der Waals surface area contributed by atoms with Crippen LogP contribution in [-0.2, 0) is 14.9 Å². The van der Waals surface area contributed by atoms with E-state index in [1.165, 1.54) is 0 Å². The minimum absolute atomic E-state index is 0.242. The topological polar surface area (TPSA) is 65.2 Å². The highest BCUT2D eigenvalue weighted by atomic mass is 16.5. The number of carbonyl (C=O) groups is 1. The van der Waals surface area contributed by atoms with Crippen molar-refractivity contribution in [2.45, 2.75) is 65.2 Å². The predicted molar refractivity (Wildman–Crippen MR) is 74.3 cm³/mol. The molecule has 0 N–H and O–H groups in total. The van der Waals surface area contributed by atoms with Crippen molar-refractivity contribution in [3.63, 3.8) is 0 Å². The van der Waals surface area contributed by atoms with Gasteiger partial charge in [-0.1, -0.05) is 32.9 Å². The van der Waals surface area contributed by atoms with Gasteiger partial charge in [0.2, 0.25) is 5.89 Å². The molecule has 0 bridgehead atoms. The number of nitrogens with zero attached hydrogens (tertiary/aromatic N) is 2. The first-order valence-electron chi connectivity index (χ1n) is 7.42. The Kier molecular flexibility index (Phi) is 3.89. The number of hydrogen-bond acceptors (Lipinski definition) is 5. The third-order valence-electron chi connectivity index (χ3n) is 4.55. The Morgan fingerprint density at radius 1 is 1.40 bits per heavy atom. The predicted octanol–water partition coefficient (Wildman–Crippen LogP) is 3.20. The van der Waals surface area contributed by atoms with Gasteiger partial charge in [-0.05, 0) is 31.6 Å². The van der Waals surface area contributed by atoms with Crippen LogP contribution in [0.5, 0.6) is 0 Å². The van der Waals surface area contributed by atoms with Crippen molar-refractivity contribution in [1.82, 2.24) is 10.1 Å². The van der Waals surface area contributed by atoms with Gasteiger partial charge in [0.1, 0.15) is 5.41 Å². The van der Waals surface area contributed by atoms with Gasteiger partial charge >= 0.3 is 5.97 Å². The van der Waals surface area contributed by atoms with Crippen LogP contribution < -0.4 is 0 Å². The highest BCUT2D eigenvalue weighted by molar-refractivity contribution is 5.81. The largest absolute Gasteiger partial charge is 0.465 e.